The predicted molar refractivity (Wildman–Crippen MR) is 43.7 cm³/mol. The van der Waals surface area contributed by atoms with E-state index in [1.165, 1.54) is 6.07 Å². The van der Waals surface area contributed by atoms with Gasteiger partial charge in [-0.25, -0.2) is 0 Å². The molecule has 1 aromatic carbocycles. The SMILES string of the molecule is O=P([O-])([O-])c1ccc(Cl)c(Cl)c1. The first kappa shape index (κ1) is 10.0. The van der Waals surface area contributed by atoms with Crippen molar-refractivity contribution in [3.05, 3.63) is 28.2 Å². The molecule has 0 radical (unpaired) electrons. The summed E-state index contributed by atoms with van der Waals surface area (Å²) < 4.78 is 10.5. The topological polar surface area (TPSA) is 63.2 Å². The van der Waals surface area contributed by atoms with Gasteiger partial charge in [0.05, 0.1) is 10.0 Å². The molecular formula is C6H3Cl2O3P-2. The van der Waals surface area contributed by atoms with E-state index in [0.29, 0.717) is 0 Å². The zero-order valence-corrected chi connectivity index (χ0v) is 8.07. The lowest BCUT2D eigenvalue weighted by molar-refractivity contribution is -0.307. The van der Waals surface area contributed by atoms with Gasteiger partial charge in [0, 0.05) is 0 Å². The number of benzene rings is 1. The van der Waals surface area contributed by atoms with Gasteiger partial charge in [0.25, 0.3) is 0 Å². The molecule has 66 valence electrons. The van der Waals surface area contributed by atoms with Gasteiger partial charge in [-0.2, -0.15) is 0 Å². The highest BCUT2D eigenvalue weighted by molar-refractivity contribution is 7.57. The fraction of sp³-hybridized carbons (Fsp3) is 0. The Bertz CT molecular complexity index is 347. The van der Waals surface area contributed by atoms with E-state index < -0.39 is 7.60 Å². The quantitative estimate of drug-likeness (QED) is 0.655. The van der Waals surface area contributed by atoms with Crippen molar-refractivity contribution in [3.63, 3.8) is 0 Å². The van der Waals surface area contributed by atoms with Gasteiger partial charge in [0.1, 0.15) is 0 Å². The molecule has 12 heavy (non-hydrogen) atoms. The van der Waals surface area contributed by atoms with Crippen molar-refractivity contribution >= 4 is 36.1 Å². The first-order valence-corrected chi connectivity index (χ1v) is 5.19. The molecule has 1 rings (SSSR count). The van der Waals surface area contributed by atoms with Crippen LogP contribution in [0.2, 0.25) is 10.0 Å². The van der Waals surface area contributed by atoms with Gasteiger partial charge in [-0.3, -0.25) is 0 Å². The normalized spacial score (nSPS) is 11.7. The van der Waals surface area contributed by atoms with Gasteiger partial charge in [-0.15, -0.1) is 0 Å². The summed E-state index contributed by atoms with van der Waals surface area (Å²) in [4.78, 5) is 20.9. The molecule has 3 nitrogen and oxygen atoms in total. The molecule has 0 aliphatic heterocycles. The van der Waals surface area contributed by atoms with Gasteiger partial charge in [-0.1, -0.05) is 29.3 Å². The van der Waals surface area contributed by atoms with E-state index in [9.17, 15) is 14.4 Å². The van der Waals surface area contributed by atoms with Gasteiger partial charge in [-0.05, 0) is 25.0 Å². The minimum atomic E-state index is -4.71. The maximum atomic E-state index is 10.5. The number of halogens is 2. The van der Waals surface area contributed by atoms with Crippen molar-refractivity contribution in [1.82, 2.24) is 0 Å². The van der Waals surface area contributed by atoms with Crippen LogP contribution in [0.1, 0.15) is 0 Å². The average molecular weight is 225 g/mol. The molecule has 0 aliphatic carbocycles. The van der Waals surface area contributed by atoms with Crippen LogP contribution in [-0.2, 0) is 4.57 Å². The lowest BCUT2D eigenvalue weighted by atomic mass is 10.4. The van der Waals surface area contributed by atoms with Crippen molar-refractivity contribution in [1.29, 1.82) is 0 Å². The minimum absolute atomic E-state index is 0.0566. The maximum absolute atomic E-state index is 10.5. The molecule has 0 amide bonds. The standard InChI is InChI=1S/C6H5Cl2O3P/c7-5-2-1-4(3-6(5)8)12(9,10)11/h1-3H,(H2,9,10,11)/p-2. The summed E-state index contributed by atoms with van der Waals surface area (Å²) in [5, 5.41) is -0.0770. The molecule has 0 heterocycles. The van der Waals surface area contributed by atoms with Gasteiger partial charge in [0.15, 0.2) is 0 Å². The third-order valence-corrected chi connectivity index (χ3v) is 2.87. The van der Waals surface area contributed by atoms with Gasteiger partial charge < -0.3 is 14.4 Å². The summed E-state index contributed by atoms with van der Waals surface area (Å²) in [6.45, 7) is 0. The zero-order valence-electron chi connectivity index (χ0n) is 5.66. The third kappa shape index (κ3) is 2.22. The van der Waals surface area contributed by atoms with Crippen molar-refractivity contribution < 1.29 is 14.4 Å². The van der Waals surface area contributed by atoms with Crippen molar-refractivity contribution in [2.45, 2.75) is 0 Å². The summed E-state index contributed by atoms with van der Waals surface area (Å²) in [7, 11) is -4.71. The summed E-state index contributed by atoms with van der Waals surface area (Å²) >= 11 is 11.0. The molecule has 0 bridgehead atoms. The van der Waals surface area contributed by atoms with Crippen LogP contribution < -0.4 is 15.1 Å². The van der Waals surface area contributed by atoms with Crippen molar-refractivity contribution in [3.8, 4) is 0 Å². The Balaban J connectivity index is 3.23. The fourth-order valence-electron chi connectivity index (χ4n) is 0.655. The van der Waals surface area contributed by atoms with Crippen molar-refractivity contribution in [2.24, 2.45) is 0 Å². The molecule has 0 saturated carbocycles. The second-order valence-electron chi connectivity index (χ2n) is 2.10. The molecule has 0 spiro atoms. The van der Waals surface area contributed by atoms with E-state index in [4.69, 9.17) is 23.2 Å². The van der Waals surface area contributed by atoms with E-state index in [-0.39, 0.29) is 15.3 Å². The molecule has 6 heteroatoms. The Morgan fingerprint density at radius 1 is 1.17 bits per heavy atom. The second-order valence-corrected chi connectivity index (χ2v) is 4.42. The van der Waals surface area contributed by atoms with E-state index in [1.54, 1.807) is 0 Å². The molecule has 0 unspecified atom stereocenters. The first-order chi connectivity index (χ1) is 5.41. The molecule has 0 aromatic heterocycles. The largest absolute Gasteiger partial charge is 0.807 e. The molecule has 0 N–H and O–H groups in total. The molecular weight excluding hydrogens is 222 g/mol. The Hall–Kier alpha value is -0.0500. The molecule has 0 fully saturated rings. The number of hydrogen-bond donors (Lipinski definition) is 0. The lowest BCUT2D eigenvalue weighted by Crippen LogP contribution is -2.24. The maximum Gasteiger partial charge on any atom is 0.0598 e. The first-order valence-electron chi connectivity index (χ1n) is 2.89. The van der Waals surface area contributed by atoms with E-state index >= 15 is 0 Å². The highest BCUT2D eigenvalue weighted by Gasteiger charge is 2.01. The Morgan fingerprint density at radius 2 is 1.75 bits per heavy atom. The third-order valence-electron chi connectivity index (χ3n) is 1.22. The minimum Gasteiger partial charge on any atom is -0.807 e. The summed E-state index contributed by atoms with van der Waals surface area (Å²) in [6, 6.07) is 3.42. The van der Waals surface area contributed by atoms with E-state index in [1.807, 2.05) is 0 Å². The Morgan fingerprint density at radius 3 is 2.17 bits per heavy atom. The van der Waals surface area contributed by atoms with Gasteiger partial charge >= 0.3 is 0 Å². The monoisotopic (exact) mass is 224 g/mol. The highest BCUT2D eigenvalue weighted by Crippen LogP contribution is 2.27. The van der Waals surface area contributed by atoms with Crippen LogP contribution in [0.4, 0.5) is 0 Å². The summed E-state index contributed by atoms with van der Waals surface area (Å²) in [5.41, 5.74) is 0. The highest BCUT2D eigenvalue weighted by atomic mass is 35.5. The van der Waals surface area contributed by atoms with E-state index in [2.05, 4.69) is 0 Å². The average Bonchev–Trinajstić information content (AvgIpc) is 1.92. The zero-order chi connectivity index (χ0) is 9.35. The van der Waals surface area contributed by atoms with E-state index in [0.717, 1.165) is 12.1 Å². The van der Waals surface area contributed by atoms with Crippen LogP contribution in [0.3, 0.4) is 0 Å². The van der Waals surface area contributed by atoms with Crippen LogP contribution in [0.15, 0.2) is 18.2 Å². The van der Waals surface area contributed by atoms with Crippen LogP contribution in [0, 0.1) is 0 Å². The molecule has 0 aliphatic rings. The van der Waals surface area contributed by atoms with Crippen molar-refractivity contribution in [2.75, 3.05) is 0 Å². The molecule has 0 atom stereocenters. The fourth-order valence-corrected chi connectivity index (χ4v) is 1.57. The second kappa shape index (κ2) is 3.36. The van der Waals surface area contributed by atoms with Crippen LogP contribution in [-0.4, -0.2) is 0 Å². The number of hydrogen-bond acceptors (Lipinski definition) is 3. The lowest BCUT2D eigenvalue weighted by Gasteiger charge is -2.29. The predicted octanol–water partition coefficient (Wildman–Crippen LogP) is 0.532. The summed E-state index contributed by atoms with van der Waals surface area (Å²) in [5.74, 6) is 0. The van der Waals surface area contributed by atoms with Gasteiger partial charge in [0.2, 0.25) is 0 Å². The molecule has 1 aromatic rings. The Labute approximate surface area is 79.1 Å². The van der Waals surface area contributed by atoms with Crippen LogP contribution >= 0.6 is 30.8 Å². The van der Waals surface area contributed by atoms with Crippen LogP contribution in [0.5, 0.6) is 0 Å². The van der Waals surface area contributed by atoms with Crippen LogP contribution in [0.25, 0.3) is 0 Å². The summed E-state index contributed by atoms with van der Waals surface area (Å²) in [6.07, 6.45) is 0. The molecule has 0 saturated heterocycles. The number of rotatable bonds is 1. The Kier molecular flexibility index (Phi) is 2.81. The smallest absolute Gasteiger partial charge is 0.0598 e.